The molecule has 0 fully saturated rings. The van der Waals surface area contributed by atoms with Gasteiger partial charge in [-0.25, -0.2) is 0 Å². The molecule has 306 valence electrons. The lowest BCUT2D eigenvalue weighted by Crippen LogP contribution is -2.52. The van der Waals surface area contributed by atoms with Gasteiger partial charge in [0.15, 0.2) is 0 Å². The Morgan fingerprint density at radius 1 is 0.354 bits per heavy atom. The van der Waals surface area contributed by atoms with Crippen molar-refractivity contribution in [2.45, 2.75) is 7.43 Å². The highest BCUT2D eigenvalue weighted by atomic mass is 16.5. The second-order valence-corrected chi connectivity index (χ2v) is 16.7. The van der Waals surface area contributed by atoms with Crippen LogP contribution in [0.1, 0.15) is 7.43 Å². The largest absolute Gasteiger partial charge is 0.457 e. The monoisotopic (exact) mass is 831 g/mol. The standard InChI is InChI=1S/C60H38BNO2.CH4/c1-4-16-41(17-5-1)61(54-27-14-26-50-47-24-12-13-28-56(47)64-60(50)54)55-38-52-49-25-15-29-57-59(49)53(37-51(52)45-22-10-11-23-46(45)55)48-35-32-40(36-58(48)63-57)39-30-33-44(34-31-39)62(42-18-6-2-7-19-42)43-20-8-3-9-21-43;/h1-38H;1H4. The Hall–Kier alpha value is -8.34. The molecule has 0 unspecified atom stereocenters. The molecule has 0 aliphatic carbocycles. The summed E-state index contributed by atoms with van der Waals surface area (Å²) >= 11 is 0. The fourth-order valence-electron chi connectivity index (χ4n) is 10.3. The highest BCUT2D eigenvalue weighted by Gasteiger charge is 2.30. The molecule has 0 radical (unpaired) electrons. The van der Waals surface area contributed by atoms with E-state index in [1.54, 1.807) is 0 Å². The average molecular weight is 832 g/mol. The molecule has 0 atom stereocenters. The van der Waals surface area contributed by atoms with Gasteiger partial charge in [-0.1, -0.05) is 182 Å². The van der Waals surface area contributed by atoms with Crippen molar-refractivity contribution in [3.05, 3.63) is 231 Å². The molecule has 0 spiro atoms. The normalized spacial score (nSPS) is 11.7. The van der Waals surface area contributed by atoms with Crippen molar-refractivity contribution in [2.75, 3.05) is 4.90 Å². The Bertz CT molecular complexity index is 3710. The van der Waals surface area contributed by atoms with Crippen LogP contribution in [0.3, 0.4) is 0 Å². The Kier molecular flexibility index (Phi) is 9.13. The van der Waals surface area contributed by atoms with E-state index >= 15 is 0 Å². The fourth-order valence-corrected chi connectivity index (χ4v) is 10.3. The maximum atomic E-state index is 6.90. The number of fused-ring (bicyclic) bond motifs is 9. The van der Waals surface area contributed by atoms with Crippen molar-refractivity contribution in [3.63, 3.8) is 0 Å². The van der Waals surface area contributed by atoms with Crippen molar-refractivity contribution in [2.24, 2.45) is 0 Å². The molecule has 12 aromatic rings. The van der Waals surface area contributed by atoms with E-state index in [4.69, 9.17) is 9.15 Å². The van der Waals surface area contributed by atoms with E-state index < -0.39 is 0 Å². The summed E-state index contributed by atoms with van der Waals surface area (Å²) in [6.07, 6.45) is 0. The molecular weight excluding hydrogens is 789 g/mol. The van der Waals surface area contributed by atoms with Crippen LogP contribution in [-0.2, 0) is 0 Å². The number of ether oxygens (including phenoxy) is 1. The maximum Gasteiger partial charge on any atom is 0.246 e. The molecule has 0 saturated heterocycles. The van der Waals surface area contributed by atoms with Crippen LogP contribution in [0.2, 0.25) is 0 Å². The molecule has 4 heteroatoms. The maximum absolute atomic E-state index is 6.90. The van der Waals surface area contributed by atoms with Crippen molar-refractivity contribution in [3.8, 4) is 33.8 Å². The number of hydrogen-bond acceptors (Lipinski definition) is 3. The Morgan fingerprint density at radius 2 is 0.938 bits per heavy atom. The summed E-state index contributed by atoms with van der Waals surface area (Å²) in [7, 11) is 0. The van der Waals surface area contributed by atoms with Gasteiger partial charge in [-0.3, -0.25) is 0 Å². The number of furan rings is 1. The summed E-state index contributed by atoms with van der Waals surface area (Å²) in [6, 6.07) is 82.7. The van der Waals surface area contributed by atoms with Gasteiger partial charge >= 0.3 is 0 Å². The van der Waals surface area contributed by atoms with Crippen LogP contribution < -0.4 is 26.0 Å². The fraction of sp³-hybridized carbons (Fsp3) is 0.0164. The minimum Gasteiger partial charge on any atom is -0.457 e. The minimum absolute atomic E-state index is 0. The molecule has 11 aromatic carbocycles. The lowest BCUT2D eigenvalue weighted by atomic mass is 9.36. The molecule has 0 bridgehead atoms. The zero-order chi connectivity index (χ0) is 42.1. The van der Waals surface area contributed by atoms with Crippen LogP contribution in [0.5, 0.6) is 11.5 Å². The van der Waals surface area contributed by atoms with Crippen LogP contribution >= 0.6 is 0 Å². The van der Waals surface area contributed by atoms with Crippen LogP contribution in [0.15, 0.2) is 235 Å². The number of para-hydroxylation sites is 4. The van der Waals surface area contributed by atoms with E-state index in [0.717, 1.165) is 78.0 Å². The third-order valence-corrected chi connectivity index (χ3v) is 13.2. The van der Waals surface area contributed by atoms with Crippen LogP contribution in [0, 0.1) is 0 Å². The van der Waals surface area contributed by atoms with Crippen molar-refractivity contribution in [1.82, 2.24) is 0 Å². The number of anilines is 3. The number of nitrogens with zero attached hydrogens (tertiary/aromatic N) is 1. The molecule has 13 rings (SSSR count). The van der Waals surface area contributed by atoms with Gasteiger partial charge < -0.3 is 14.1 Å². The molecule has 0 N–H and O–H groups in total. The zero-order valence-electron chi connectivity index (χ0n) is 34.8. The van der Waals surface area contributed by atoms with Crippen molar-refractivity contribution >= 4 is 94.4 Å². The predicted molar refractivity (Wildman–Crippen MR) is 276 cm³/mol. The lowest BCUT2D eigenvalue weighted by Gasteiger charge is -2.26. The topological polar surface area (TPSA) is 25.6 Å². The zero-order valence-corrected chi connectivity index (χ0v) is 34.8. The minimum atomic E-state index is -0.0882. The number of rotatable bonds is 7. The molecule has 0 amide bonds. The van der Waals surface area contributed by atoms with Gasteiger partial charge in [-0.15, -0.1) is 0 Å². The van der Waals surface area contributed by atoms with Gasteiger partial charge in [0.25, 0.3) is 0 Å². The molecule has 1 aliphatic rings. The third-order valence-electron chi connectivity index (χ3n) is 13.2. The summed E-state index contributed by atoms with van der Waals surface area (Å²) in [5.41, 5.74) is 13.3. The second-order valence-electron chi connectivity index (χ2n) is 16.7. The second kappa shape index (κ2) is 15.5. The third kappa shape index (κ3) is 6.21. The molecule has 0 saturated carbocycles. The first-order chi connectivity index (χ1) is 31.7. The summed E-state index contributed by atoms with van der Waals surface area (Å²) < 4.78 is 13.6. The average Bonchev–Trinajstić information content (AvgIpc) is 3.75. The van der Waals surface area contributed by atoms with E-state index in [1.807, 2.05) is 6.07 Å². The molecule has 3 nitrogen and oxygen atoms in total. The first-order valence-electron chi connectivity index (χ1n) is 21.9. The Labute approximate surface area is 378 Å². The number of hydrogen-bond donors (Lipinski definition) is 0. The van der Waals surface area contributed by atoms with Crippen LogP contribution in [0.25, 0.3) is 76.5 Å². The summed E-state index contributed by atoms with van der Waals surface area (Å²) in [6.45, 7) is -0.0882. The molecule has 65 heavy (non-hydrogen) atoms. The van der Waals surface area contributed by atoms with Crippen LogP contribution in [-0.4, -0.2) is 6.71 Å². The summed E-state index contributed by atoms with van der Waals surface area (Å²) in [5.74, 6) is 1.73. The SMILES string of the molecule is C.c1ccc(B(c2cc3c4cccc5c4c(cc3c3ccccc23)-c2ccc(-c3ccc(N(c4ccccc4)c4ccccc4)cc3)cc2O5)c2cccc3c2oc2ccccc23)cc1. The van der Waals surface area contributed by atoms with Gasteiger partial charge in [0.05, 0.1) is 0 Å². The van der Waals surface area contributed by atoms with Gasteiger partial charge in [0.2, 0.25) is 6.71 Å². The predicted octanol–water partition coefficient (Wildman–Crippen LogP) is 15.1. The van der Waals surface area contributed by atoms with Crippen molar-refractivity contribution in [1.29, 1.82) is 0 Å². The molecular formula is C61H42BNO2. The quantitative estimate of drug-likeness (QED) is 0.118. The lowest BCUT2D eigenvalue weighted by molar-refractivity contribution is 0.487. The number of benzene rings is 11. The van der Waals surface area contributed by atoms with Crippen molar-refractivity contribution < 1.29 is 9.15 Å². The van der Waals surface area contributed by atoms with E-state index in [-0.39, 0.29) is 14.1 Å². The van der Waals surface area contributed by atoms with Gasteiger partial charge in [-0.2, -0.15) is 0 Å². The summed E-state index contributed by atoms with van der Waals surface area (Å²) in [4.78, 5) is 2.29. The highest BCUT2D eigenvalue weighted by Crippen LogP contribution is 2.50. The van der Waals surface area contributed by atoms with Gasteiger partial charge in [0, 0.05) is 38.8 Å². The summed E-state index contributed by atoms with van der Waals surface area (Å²) in [5, 5.41) is 9.46. The van der Waals surface area contributed by atoms with E-state index in [1.165, 1.54) is 43.4 Å². The molecule has 1 aliphatic heterocycles. The molecule has 1 aromatic heterocycles. The van der Waals surface area contributed by atoms with E-state index in [9.17, 15) is 0 Å². The van der Waals surface area contributed by atoms with Gasteiger partial charge in [-0.05, 0) is 116 Å². The smallest absolute Gasteiger partial charge is 0.246 e. The van der Waals surface area contributed by atoms with E-state index in [0.29, 0.717) is 0 Å². The first-order valence-corrected chi connectivity index (χ1v) is 21.9. The Balaban J connectivity index is 0.00000444. The van der Waals surface area contributed by atoms with Gasteiger partial charge in [0.1, 0.15) is 22.7 Å². The van der Waals surface area contributed by atoms with Crippen LogP contribution in [0.4, 0.5) is 17.1 Å². The highest BCUT2D eigenvalue weighted by molar-refractivity contribution is 6.98. The molecule has 2 heterocycles. The first kappa shape index (κ1) is 38.3. The Morgan fingerprint density at radius 3 is 1.69 bits per heavy atom. The van der Waals surface area contributed by atoms with E-state index in [2.05, 4.69) is 229 Å².